The van der Waals surface area contributed by atoms with E-state index in [1.54, 1.807) is 0 Å². The molecule has 46 valence electrons. The Morgan fingerprint density at radius 1 is 1.30 bits per heavy atom. The molecule has 0 amide bonds. The van der Waals surface area contributed by atoms with Crippen molar-refractivity contribution in [1.29, 1.82) is 0 Å². The summed E-state index contributed by atoms with van der Waals surface area (Å²) in [6, 6.07) is 2.25. The predicted octanol–water partition coefficient (Wildman–Crippen LogP) is -0.488. The molecule has 0 fully saturated rings. The molecule has 0 aliphatic heterocycles. The third-order valence-corrected chi connectivity index (χ3v) is 8.01. The van der Waals surface area contributed by atoms with E-state index in [1.807, 2.05) is 0 Å². The number of rotatable bonds is 0. The molecule has 1 aromatic rings. The van der Waals surface area contributed by atoms with Gasteiger partial charge in [-0.05, 0) is 0 Å². The number of hydrogen-bond acceptors (Lipinski definition) is 1. The van der Waals surface area contributed by atoms with Gasteiger partial charge in [0.1, 0.15) is 0 Å². The summed E-state index contributed by atoms with van der Waals surface area (Å²) in [7, 11) is 0. The van der Waals surface area contributed by atoms with E-state index >= 15 is 0 Å². The second-order valence-electron chi connectivity index (χ2n) is 2.79. The zero-order chi connectivity index (χ0) is 7.72. The van der Waals surface area contributed by atoms with Crippen LogP contribution in [0.15, 0.2) is 6.07 Å². The third-order valence-electron chi connectivity index (χ3n) is 1.90. The zero-order valence-electron chi connectivity index (χ0n) is 7.02. The Kier molecular flexibility index (Phi) is 4.43. The van der Waals surface area contributed by atoms with Gasteiger partial charge in [-0.15, -0.1) is 0 Å². The summed E-state index contributed by atoms with van der Waals surface area (Å²) in [4.78, 5) is 4.54. The molecule has 0 N–H and O–H groups in total. The van der Waals surface area contributed by atoms with Crippen molar-refractivity contribution < 1.29 is 85.6 Å². The first-order valence-electron chi connectivity index (χ1n) is 3.52. The molecule has 1 nitrogen and oxygen atoms in total. The fourth-order valence-corrected chi connectivity index (χ4v) is 14.9. The van der Waals surface area contributed by atoms with Crippen LogP contribution in [0, 0.1) is 99.4 Å². The summed E-state index contributed by atoms with van der Waals surface area (Å²) < 4.78 is 2.84. The Balaban J connectivity index is 3.31. The van der Waals surface area contributed by atoms with Crippen LogP contribution in [-0.4, -0.2) is 4.98 Å². The quantitative estimate of drug-likeness (QED) is 0.419. The molecule has 0 aromatic carbocycles. The first-order valence-corrected chi connectivity index (χ1v) is 11.7. The molecule has 1 heterocycles. The predicted molar refractivity (Wildman–Crippen MR) is 35.8 cm³/mol. The molecule has 1 aromatic heterocycles. The Morgan fingerprint density at radius 2 is 1.90 bits per heavy atom. The van der Waals surface area contributed by atoms with Gasteiger partial charge in [-0.3, -0.25) is 0 Å². The van der Waals surface area contributed by atoms with E-state index in [-0.39, 0.29) is 0 Å². The average Bonchev–Trinajstić information content (AvgIpc) is 1.82. The molecule has 0 radical (unpaired) electrons. The summed E-state index contributed by atoms with van der Waals surface area (Å²) in [5.74, 6) is 0. The average molecular weight is 559 g/mol. The van der Waals surface area contributed by atoms with Crippen molar-refractivity contribution >= 4 is 1.47 Å². The van der Waals surface area contributed by atoms with Crippen LogP contribution in [0.2, 0.25) is 0 Å². The van der Waals surface area contributed by atoms with Crippen LogP contribution < -0.4 is 1.47 Å². The minimum absolute atomic E-state index is 0.453. The van der Waals surface area contributed by atoms with Gasteiger partial charge in [0, 0.05) is 0 Å². The van der Waals surface area contributed by atoms with Crippen molar-refractivity contribution in [3.05, 3.63) is 17.2 Å². The van der Waals surface area contributed by atoms with Gasteiger partial charge in [-0.1, -0.05) is 0 Å². The van der Waals surface area contributed by atoms with Gasteiger partial charge in [0.05, 0.1) is 0 Å². The minimum atomic E-state index is 0.453. The van der Waals surface area contributed by atoms with Crippen LogP contribution in [0.3, 0.4) is 0 Å². The van der Waals surface area contributed by atoms with Gasteiger partial charge in [-0.25, -0.2) is 0 Å². The molecule has 0 atom stereocenters. The van der Waals surface area contributed by atoms with E-state index in [0.717, 1.165) is 0 Å². The molecule has 0 unspecified atom stereocenters. The van der Waals surface area contributed by atoms with Crippen molar-refractivity contribution in [1.82, 2.24) is 4.98 Å². The van der Waals surface area contributed by atoms with Crippen LogP contribution in [-0.2, 0) is 0 Å². The Labute approximate surface area is 120 Å². The molecule has 1 rings (SSSR count). The number of pyridine rings is 1. The topological polar surface area (TPSA) is 12.9 Å². The maximum absolute atomic E-state index is 4.54. The second-order valence-corrected chi connectivity index (χ2v) is 10.9. The number of nitrogens with zero attached hydrogens (tertiary/aromatic N) is 1. The van der Waals surface area contributed by atoms with Crippen LogP contribution in [0.25, 0.3) is 0 Å². The van der Waals surface area contributed by atoms with Gasteiger partial charge in [0.2, 0.25) is 0 Å². The van der Waals surface area contributed by atoms with Crippen molar-refractivity contribution in [2.24, 2.45) is 0 Å². The van der Waals surface area contributed by atoms with E-state index < -0.39 is 0 Å². The monoisotopic (exact) mass is 559 g/mol. The van der Waals surface area contributed by atoms with Crippen molar-refractivity contribution in [2.75, 3.05) is 0 Å². The Morgan fingerprint density at radius 3 is 2.40 bits per heavy atom. The summed E-state index contributed by atoms with van der Waals surface area (Å²) in [5, 5.41) is 0. The molecular formula is C7H9NRa2. The van der Waals surface area contributed by atoms with E-state index in [9.17, 15) is 0 Å². The first-order chi connectivity index (χ1) is 4.61. The molecule has 0 spiro atoms. The molecule has 0 saturated heterocycles. The van der Waals surface area contributed by atoms with E-state index in [0.29, 0.717) is 85.6 Å². The van der Waals surface area contributed by atoms with Crippen molar-refractivity contribution in [2.45, 2.75) is 13.8 Å². The van der Waals surface area contributed by atoms with Crippen molar-refractivity contribution in [3.8, 4) is 0 Å². The number of aromatic nitrogens is 1. The third kappa shape index (κ3) is 2.55. The Bertz CT molecular complexity index is 235. The van der Waals surface area contributed by atoms with E-state index in [4.69, 9.17) is 0 Å². The summed E-state index contributed by atoms with van der Waals surface area (Å²) in [5.41, 5.74) is 2.90. The van der Waals surface area contributed by atoms with E-state index in [2.05, 4.69) is 24.9 Å². The maximum atomic E-state index is 4.54. The molecule has 0 aliphatic carbocycles. The fourth-order valence-electron chi connectivity index (χ4n) is 1.09. The summed E-state index contributed by atoms with van der Waals surface area (Å²) >= 11 is 0.915. The fraction of sp³-hybridized carbons (Fsp3) is 0.286. The van der Waals surface area contributed by atoms with E-state index in [1.165, 1.54) is 12.6 Å². The first kappa shape index (κ1) is 10.2. The molecule has 0 aliphatic rings. The molecule has 0 saturated carbocycles. The van der Waals surface area contributed by atoms with Crippen LogP contribution in [0.1, 0.15) is 11.1 Å². The molecular weight excluding hydrogens is 550 g/mol. The van der Waals surface area contributed by atoms with Gasteiger partial charge < -0.3 is 0 Å². The SMILES string of the molecule is Cc1c[c]([RaH])n[c]([RaH])c1C. The van der Waals surface area contributed by atoms with Crippen LogP contribution >= 0.6 is 0 Å². The normalized spacial score (nSPS) is 9.60. The number of hydrogen-bond donors (Lipinski definition) is 0. The Hall–Kier alpha value is 2.09. The zero-order valence-corrected chi connectivity index (χ0v) is 23.5. The van der Waals surface area contributed by atoms with Crippen LogP contribution in [0.4, 0.5) is 0 Å². The van der Waals surface area contributed by atoms with Gasteiger partial charge in [-0.2, -0.15) is 0 Å². The van der Waals surface area contributed by atoms with Crippen molar-refractivity contribution in [3.63, 3.8) is 0 Å². The summed E-state index contributed by atoms with van der Waals surface area (Å²) in [6.45, 7) is 4.39. The van der Waals surface area contributed by atoms with Gasteiger partial charge in [0.15, 0.2) is 0 Å². The standard InChI is InChI=1S/C7H7N.2Ra.2H/c1-6-3-4-8-5-7(6)2;;;;/h3H,1-2H3;;;;. The molecule has 3 heteroatoms. The number of aryl methyl sites for hydroxylation is 1. The molecule has 0 bridgehead atoms. The van der Waals surface area contributed by atoms with Gasteiger partial charge >= 0.3 is 123 Å². The second kappa shape index (κ2) is 4.36. The van der Waals surface area contributed by atoms with Crippen LogP contribution in [0.5, 0.6) is 0 Å². The van der Waals surface area contributed by atoms with Gasteiger partial charge in [0.25, 0.3) is 0 Å². The summed E-state index contributed by atoms with van der Waals surface area (Å²) in [6.07, 6.45) is 0. The molecule has 10 heavy (non-hydrogen) atoms.